The van der Waals surface area contributed by atoms with Gasteiger partial charge in [0.2, 0.25) is 5.43 Å². The van der Waals surface area contributed by atoms with Crippen LogP contribution in [0.25, 0.3) is 10.6 Å². The lowest BCUT2D eigenvalue weighted by molar-refractivity contribution is -0.0310. The Morgan fingerprint density at radius 3 is 2.58 bits per heavy atom. The van der Waals surface area contributed by atoms with E-state index in [0.717, 1.165) is 30.2 Å². The molecule has 1 aliphatic heterocycles. The number of aromatic hydroxyl groups is 1. The number of pyridine rings is 1. The number of aromatic nitrogens is 3. The molecule has 1 saturated carbocycles. The summed E-state index contributed by atoms with van der Waals surface area (Å²) in [6.07, 6.45) is 4.59. The quantitative estimate of drug-likeness (QED) is 0.505. The first-order valence-electron chi connectivity index (χ1n) is 12.6. The molecule has 1 spiro atoms. The van der Waals surface area contributed by atoms with Gasteiger partial charge in [0, 0.05) is 38.9 Å². The van der Waals surface area contributed by atoms with Crippen molar-refractivity contribution < 1.29 is 23.4 Å². The van der Waals surface area contributed by atoms with Crippen molar-refractivity contribution in [1.82, 2.24) is 19.8 Å². The molecule has 0 unspecified atom stereocenters. The van der Waals surface area contributed by atoms with E-state index in [1.165, 1.54) is 18.3 Å². The number of fused-ring (bicyclic) bond motifs is 1. The van der Waals surface area contributed by atoms with Gasteiger partial charge in [0.15, 0.2) is 16.5 Å². The van der Waals surface area contributed by atoms with E-state index in [-0.39, 0.29) is 34.4 Å². The molecule has 12 heteroatoms. The van der Waals surface area contributed by atoms with E-state index in [4.69, 9.17) is 4.74 Å². The van der Waals surface area contributed by atoms with Crippen molar-refractivity contribution in [2.45, 2.75) is 57.7 Å². The van der Waals surface area contributed by atoms with Crippen molar-refractivity contribution in [3.8, 4) is 16.3 Å². The largest absolute Gasteiger partial charge is 0.502 e. The van der Waals surface area contributed by atoms with Crippen molar-refractivity contribution in [1.29, 1.82) is 0 Å². The van der Waals surface area contributed by atoms with Crippen LogP contribution in [0.2, 0.25) is 0 Å². The van der Waals surface area contributed by atoms with Crippen LogP contribution in [-0.2, 0) is 11.2 Å². The van der Waals surface area contributed by atoms with Gasteiger partial charge < -0.3 is 14.7 Å². The number of benzene rings is 1. The molecule has 1 aromatic carbocycles. The standard InChI is InChI=1S/C26H29F2N5O4S/c1-4-32-25(36)21-23(35)22(34)18(14-33(21)31(3)26(32)10-8-17(9-11-26)37-5-2)24-30-29-20(38-24)12-15-6-7-16(27)13-19(15)28/h6-7,13-14,17,35H,4-5,8-12H2,1-3H3/t17-,26-. The molecule has 9 nitrogen and oxygen atoms in total. The number of hydrogen-bond donors (Lipinski definition) is 1. The minimum absolute atomic E-state index is 0.0655. The van der Waals surface area contributed by atoms with Crippen LogP contribution in [0.3, 0.4) is 0 Å². The number of halogens is 2. The highest BCUT2D eigenvalue weighted by molar-refractivity contribution is 7.14. The van der Waals surface area contributed by atoms with Crippen LogP contribution >= 0.6 is 11.3 Å². The molecule has 2 aliphatic rings. The summed E-state index contributed by atoms with van der Waals surface area (Å²) < 4.78 is 34.8. The smallest absolute Gasteiger partial charge is 0.278 e. The molecule has 5 rings (SSSR count). The predicted molar refractivity (Wildman–Crippen MR) is 138 cm³/mol. The maximum atomic E-state index is 14.1. The van der Waals surface area contributed by atoms with Gasteiger partial charge in [0.05, 0.1) is 11.7 Å². The van der Waals surface area contributed by atoms with E-state index >= 15 is 0 Å². The Balaban J connectivity index is 1.52. The van der Waals surface area contributed by atoms with Gasteiger partial charge in [-0.3, -0.25) is 19.3 Å². The number of rotatable bonds is 6. The van der Waals surface area contributed by atoms with E-state index in [0.29, 0.717) is 31.0 Å². The summed E-state index contributed by atoms with van der Waals surface area (Å²) in [4.78, 5) is 28.5. The molecule has 0 radical (unpaired) electrons. The van der Waals surface area contributed by atoms with Crippen LogP contribution in [0, 0.1) is 11.6 Å². The van der Waals surface area contributed by atoms with Crippen molar-refractivity contribution in [3.63, 3.8) is 0 Å². The molecule has 2 aromatic heterocycles. The average Bonchev–Trinajstić information content (AvgIpc) is 3.36. The summed E-state index contributed by atoms with van der Waals surface area (Å²) in [6, 6.07) is 3.30. The Morgan fingerprint density at radius 2 is 1.92 bits per heavy atom. The molecule has 3 heterocycles. The predicted octanol–water partition coefficient (Wildman–Crippen LogP) is 3.66. The summed E-state index contributed by atoms with van der Waals surface area (Å²) >= 11 is 1.07. The third-order valence-electron chi connectivity index (χ3n) is 7.55. The van der Waals surface area contributed by atoms with Gasteiger partial charge in [0.1, 0.15) is 22.3 Å². The maximum Gasteiger partial charge on any atom is 0.278 e. The van der Waals surface area contributed by atoms with Gasteiger partial charge in [-0.05, 0) is 51.2 Å². The molecular weight excluding hydrogens is 516 g/mol. The molecule has 1 fully saturated rings. The number of ether oxygens (including phenoxy) is 1. The normalized spacial score (nSPS) is 21.3. The molecule has 3 aromatic rings. The summed E-state index contributed by atoms with van der Waals surface area (Å²) in [6.45, 7) is 4.89. The highest BCUT2D eigenvalue weighted by Crippen LogP contribution is 2.41. The second-order valence-corrected chi connectivity index (χ2v) is 10.6. The number of carbonyl (C=O) groups excluding carboxylic acids is 1. The third-order valence-corrected chi connectivity index (χ3v) is 8.50. The van der Waals surface area contributed by atoms with Crippen LogP contribution < -0.4 is 10.4 Å². The Bertz CT molecular complexity index is 1430. The van der Waals surface area contributed by atoms with Gasteiger partial charge in [-0.2, -0.15) is 0 Å². The van der Waals surface area contributed by atoms with Gasteiger partial charge in [-0.25, -0.2) is 8.78 Å². The van der Waals surface area contributed by atoms with Gasteiger partial charge in [0.25, 0.3) is 5.91 Å². The Labute approximate surface area is 222 Å². The van der Waals surface area contributed by atoms with Crippen molar-refractivity contribution >= 4 is 17.2 Å². The van der Waals surface area contributed by atoms with Crippen LogP contribution in [0.5, 0.6) is 5.75 Å². The molecule has 0 bridgehead atoms. The molecule has 1 amide bonds. The minimum atomic E-state index is -0.735. The molecule has 1 aliphatic carbocycles. The summed E-state index contributed by atoms with van der Waals surface area (Å²) in [7, 11) is 1.84. The summed E-state index contributed by atoms with van der Waals surface area (Å²) in [5.41, 5.74) is -1.15. The first kappa shape index (κ1) is 26.2. The van der Waals surface area contributed by atoms with E-state index in [1.54, 1.807) is 9.58 Å². The lowest BCUT2D eigenvalue weighted by Gasteiger charge is -2.56. The SMILES string of the molecule is CCO[C@H]1CC[C@@]2(CC1)N(CC)C(=O)c1c(O)c(=O)c(-c3nnc(Cc4ccc(F)cc4F)s3)cn1N2C. The average molecular weight is 546 g/mol. The van der Waals surface area contributed by atoms with E-state index in [2.05, 4.69) is 10.2 Å². The summed E-state index contributed by atoms with van der Waals surface area (Å²) in [5, 5.41) is 21.7. The second-order valence-electron chi connectivity index (χ2n) is 9.54. The highest BCUT2D eigenvalue weighted by Gasteiger charge is 2.51. The maximum absolute atomic E-state index is 14.1. The Morgan fingerprint density at radius 1 is 1.18 bits per heavy atom. The van der Waals surface area contributed by atoms with Gasteiger partial charge in [-0.15, -0.1) is 10.2 Å². The third kappa shape index (κ3) is 4.25. The molecular formula is C26H29F2N5O4S. The molecule has 202 valence electrons. The lowest BCUT2D eigenvalue weighted by atomic mass is 9.84. The van der Waals surface area contributed by atoms with Gasteiger partial charge in [-0.1, -0.05) is 17.4 Å². The molecule has 0 saturated heterocycles. The second kappa shape index (κ2) is 10.1. The number of carbonyl (C=O) groups is 1. The minimum Gasteiger partial charge on any atom is -0.502 e. The highest BCUT2D eigenvalue weighted by atomic mass is 32.1. The molecule has 0 atom stereocenters. The van der Waals surface area contributed by atoms with Crippen molar-refractivity contribution in [2.24, 2.45) is 0 Å². The first-order chi connectivity index (χ1) is 18.2. The van der Waals surface area contributed by atoms with Crippen molar-refractivity contribution in [2.75, 3.05) is 25.2 Å². The zero-order valence-electron chi connectivity index (χ0n) is 21.4. The zero-order chi connectivity index (χ0) is 27.2. The van der Waals surface area contributed by atoms with E-state index in [1.807, 2.05) is 25.9 Å². The van der Waals surface area contributed by atoms with Crippen LogP contribution in [0.1, 0.15) is 60.6 Å². The topological polar surface area (TPSA) is 101 Å². The fourth-order valence-electron chi connectivity index (χ4n) is 5.62. The molecule has 38 heavy (non-hydrogen) atoms. The van der Waals surface area contributed by atoms with Gasteiger partial charge >= 0.3 is 0 Å². The molecule has 1 N–H and O–H groups in total. The monoisotopic (exact) mass is 545 g/mol. The first-order valence-corrected chi connectivity index (χ1v) is 13.4. The van der Waals surface area contributed by atoms with Crippen LogP contribution in [-0.4, -0.2) is 62.8 Å². The number of amides is 1. The van der Waals surface area contributed by atoms with Crippen LogP contribution in [0.4, 0.5) is 8.78 Å². The van der Waals surface area contributed by atoms with E-state index < -0.39 is 34.4 Å². The van der Waals surface area contributed by atoms with Crippen molar-refractivity contribution in [3.05, 3.63) is 62.5 Å². The van der Waals surface area contributed by atoms with Crippen LogP contribution in [0.15, 0.2) is 29.2 Å². The zero-order valence-corrected chi connectivity index (χ0v) is 22.2. The fraction of sp³-hybridized carbons (Fsp3) is 0.462. The van der Waals surface area contributed by atoms with E-state index in [9.17, 15) is 23.5 Å². The Kier molecular flexibility index (Phi) is 6.95. The summed E-state index contributed by atoms with van der Waals surface area (Å²) in [5.74, 6) is -2.44. The lowest BCUT2D eigenvalue weighted by Crippen LogP contribution is -2.70. The fourth-order valence-corrected chi connectivity index (χ4v) is 6.49. The number of hydrogen-bond acceptors (Lipinski definition) is 8. The number of nitrogens with zero attached hydrogens (tertiary/aromatic N) is 5. The Hall–Kier alpha value is -3.38.